The summed E-state index contributed by atoms with van der Waals surface area (Å²) >= 11 is 0. The van der Waals surface area contributed by atoms with Crippen molar-refractivity contribution in [2.24, 2.45) is 0 Å². The van der Waals surface area contributed by atoms with Gasteiger partial charge in [0.2, 0.25) is 10.0 Å². The van der Waals surface area contributed by atoms with E-state index in [1.165, 1.54) is 0 Å². The SMILES string of the molecule is COc1ccccc1-n1nc(C)cc1C(=O)Nc1ccc(-c2ccccc2S(=O)(=O)NC(C)(C)C)cc1. The first-order valence-electron chi connectivity index (χ1n) is 11.7. The Hall–Kier alpha value is -3.95. The van der Waals surface area contributed by atoms with Gasteiger partial charge in [0, 0.05) is 16.8 Å². The van der Waals surface area contributed by atoms with E-state index in [-0.39, 0.29) is 10.8 Å². The molecule has 0 aliphatic carbocycles. The fraction of sp³-hybridized carbons (Fsp3) is 0.214. The molecule has 0 aliphatic rings. The highest BCUT2D eigenvalue weighted by molar-refractivity contribution is 7.89. The minimum Gasteiger partial charge on any atom is -0.494 e. The van der Waals surface area contributed by atoms with E-state index in [2.05, 4.69) is 15.1 Å². The highest BCUT2D eigenvalue weighted by Crippen LogP contribution is 2.29. The van der Waals surface area contributed by atoms with Gasteiger partial charge in [0.1, 0.15) is 17.1 Å². The van der Waals surface area contributed by atoms with Crippen molar-refractivity contribution in [1.29, 1.82) is 0 Å². The summed E-state index contributed by atoms with van der Waals surface area (Å²) in [6, 6.07) is 22.9. The summed E-state index contributed by atoms with van der Waals surface area (Å²) in [5.74, 6) is 0.259. The fourth-order valence-electron chi connectivity index (χ4n) is 3.98. The van der Waals surface area contributed by atoms with E-state index in [0.717, 1.165) is 0 Å². The minimum absolute atomic E-state index is 0.192. The van der Waals surface area contributed by atoms with Crippen molar-refractivity contribution in [1.82, 2.24) is 14.5 Å². The zero-order valence-corrected chi connectivity index (χ0v) is 22.3. The molecule has 4 rings (SSSR count). The summed E-state index contributed by atoms with van der Waals surface area (Å²) in [5, 5.41) is 7.38. The number of aromatic nitrogens is 2. The van der Waals surface area contributed by atoms with Crippen molar-refractivity contribution in [2.45, 2.75) is 38.1 Å². The minimum atomic E-state index is -3.74. The molecule has 1 amide bonds. The van der Waals surface area contributed by atoms with Gasteiger partial charge in [-0.2, -0.15) is 5.10 Å². The predicted molar refractivity (Wildman–Crippen MR) is 145 cm³/mol. The molecule has 0 fully saturated rings. The van der Waals surface area contributed by atoms with Crippen molar-refractivity contribution in [3.8, 4) is 22.6 Å². The van der Waals surface area contributed by atoms with Crippen molar-refractivity contribution < 1.29 is 17.9 Å². The highest BCUT2D eigenvalue weighted by Gasteiger charge is 2.25. The van der Waals surface area contributed by atoms with E-state index in [1.807, 2.05) is 31.2 Å². The highest BCUT2D eigenvalue weighted by atomic mass is 32.2. The average molecular weight is 519 g/mol. The number of anilines is 1. The number of rotatable bonds is 7. The van der Waals surface area contributed by atoms with Crippen LogP contribution in [0.15, 0.2) is 83.8 Å². The summed E-state index contributed by atoms with van der Waals surface area (Å²) in [4.78, 5) is 13.4. The van der Waals surface area contributed by atoms with E-state index in [0.29, 0.717) is 39.6 Å². The second kappa shape index (κ2) is 10.2. The number of aryl methyl sites for hydroxylation is 1. The largest absolute Gasteiger partial charge is 0.494 e. The molecule has 37 heavy (non-hydrogen) atoms. The van der Waals surface area contributed by atoms with Crippen LogP contribution in [0.1, 0.15) is 37.0 Å². The lowest BCUT2D eigenvalue weighted by Crippen LogP contribution is -2.40. The van der Waals surface area contributed by atoms with Gasteiger partial charge in [-0.3, -0.25) is 4.79 Å². The quantitative estimate of drug-likeness (QED) is 0.351. The molecule has 192 valence electrons. The van der Waals surface area contributed by atoms with Crippen LogP contribution < -0.4 is 14.8 Å². The number of nitrogens with zero attached hydrogens (tertiary/aromatic N) is 2. The van der Waals surface area contributed by atoms with Crippen LogP contribution in [0.2, 0.25) is 0 Å². The Morgan fingerprint density at radius 2 is 1.59 bits per heavy atom. The van der Waals surface area contributed by atoms with Crippen LogP contribution in [-0.4, -0.2) is 36.8 Å². The van der Waals surface area contributed by atoms with Crippen LogP contribution in [0, 0.1) is 6.92 Å². The van der Waals surface area contributed by atoms with E-state index in [1.54, 1.807) is 87.2 Å². The topological polar surface area (TPSA) is 102 Å². The lowest BCUT2D eigenvalue weighted by molar-refractivity contribution is 0.101. The molecule has 1 aromatic heterocycles. The van der Waals surface area contributed by atoms with Gasteiger partial charge in [-0.05, 0) is 69.7 Å². The second-order valence-corrected chi connectivity index (χ2v) is 11.3. The molecule has 3 aromatic carbocycles. The molecule has 0 spiro atoms. The Balaban J connectivity index is 1.61. The van der Waals surface area contributed by atoms with Crippen molar-refractivity contribution in [2.75, 3.05) is 12.4 Å². The number of hydrogen-bond donors (Lipinski definition) is 2. The van der Waals surface area contributed by atoms with Gasteiger partial charge in [0.15, 0.2) is 0 Å². The summed E-state index contributed by atoms with van der Waals surface area (Å²) in [6.07, 6.45) is 0. The summed E-state index contributed by atoms with van der Waals surface area (Å²) < 4.78 is 35.7. The number of amides is 1. The number of methoxy groups -OCH3 is 1. The number of nitrogens with one attached hydrogen (secondary N) is 2. The van der Waals surface area contributed by atoms with Gasteiger partial charge in [-0.25, -0.2) is 17.8 Å². The first-order valence-corrected chi connectivity index (χ1v) is 13.2. The molecule has 0 unspecified atom stereocenters. The van der Waals surface area contributed by atoms with Crippen LogP contribution in [0.4, 0.5) is 5.69 Å². The van der Waals surface area contributed by atoms with Gasteiger partial charge in [-0.15, -0.1) is 0 Å². The third-order valence-corrected chi connectivity index (χ3v) is 7.26. The molecule has 0 aliphatic heterocycles. The van der Waals surface area contributed by atoms with Gasteiger partial charge in [-0.1, -0.05) is 42.5 Å². The number of benzene rings is 3. The first-order chi connectivity index (χ1) is 17.5. The van der Waals surface area contributed by atoms with Gasteiger partial charge in [0.05, 0.1) is 17.7 Å². The molecule has 2 N–H and O–H groups in total. The zero-order chi connectivity index (χ0) is 26.8. The normalized spacial score (nSPS) is 11.8. The van der Waals surface area contributed by atoms with Crippen molar-refractivity contribution in [3.63, 3.8) is 0 Å². The molecule has 0 radical (unpaired) electrons. The number of hydrogen-bond acceptors (Lipinski definition) is 5. The maximum absolute atomic E-state index is 13.2. The van der Waals surface area contributed by atoms with E-state index < -0.39 is 15.6 Å². The molecule has 0 atom stereocenters. The molecule has 9 heteroatoms. The Morgan fingerprint density at radius 3 is 2.27 bits per heavy atom. The number of carbonyl (C=O) groups excluding carboxylic acids is 1. The lowest BCUT2D eigenvalue weighted by Gasteiger charge is -2.21. The van der Waals surface area contributed by atoms with E-state index in [9.17, 15) is 13.2 Å². The van der Waals surface area contributed by atoms with Crippen LogP contribution in [0.25, 0.3) is 16.8 Å². The van der Waals surface area contributed by atoms with Crippen molar-refractivity contribution in [3.05, 3.63) is 90.3 Å². The summed E-state index contributed by atoms with van der Waals surface area (Å²) in [7, 11) is -2.17. The maximum Gasteiger partial charge on any atom is 0.274 e. The van der Waals surface area contributed by atoms with Gasteiger partial charge >= 0.3 is 0 Å². The van der Waals surface area contributed by atoms with E-state index >= 15 is 0 Å². The molecule has 1 heterocycles. The molecular weight excluding hydrogens is 488 g/mol. The molecule has 4 aromatic rings. The molecular formula is C28H30N4O4S. The average Bonchev–Trinajstić information content (AvgIpc) is 3.24. The zero-order valence-electron chi connectivity index (χ0n) is 21.4. The first kappa shape index (κ1) is 26.1. The molecule has 8 nitrogen and oxygen atoms in total. The maximum atomic E-state index is 13.2. The standard InChI is InChI=1S/C28H30N4O4S/c1-19-18-24(32(30-19)23-11-7-8-12-25(23)36-5)27(33)29-21-16-14-20(15-17-21)22-10-6-9-13-26(22)37(34,35)31-28(2,3)4/h6-18,31H,1-5H3,(H,29,33). The Kier molecular flexibility index (Phi) is 7.20. The lowest BCUT2D eigenvalue weighted by atomic mass is 10.1. The Morgan fingerprint density at radius 1 is 0.946 bits per heavy atom. The van der Waals surface area contributed by atoms with Crippen molar-refractivity contribution >= 4 is 21.6 Å². The predicted octanol–water partition coefficient (Wildman–Crippen LogP) is 5.19. The number of para-hydroxylation sites is 2. The Labute approximate surface area is 217 Å². The van der Waals surface area contributed by atoms with Crippen LogP contribution in [0.5, 0.6) is 5.75 Å². The summed E-state index contributed by atoms with van der Waals surface area (Å²) in [6.45, 7) is 7.21. The van der Waals surface area contributed by atoms with Crippen LogP contribution in [0.3, 0.4) is 0 Å². The van der Waals surface area contributed by atoms with Crippen LogP contribution in [-0.2, 0) is 10.0 Å². The fourth-order valence-corrected chi connectivity index (χ4v) is 5.62. The monoisotopic (exact) mass is 518 g/mol. The third kappa shape index (κ3) is 5.90. The Bertz CT molecular complexity index is 1540. The second-order valence-electron chi connectivity index (χ2n) is 9.64. The van der Waals surface area contributed by atoms with Gasteiger partial charge < -0.3 is 10.1 Å². The van der Waals surface area contributed by atoms with Gasteiger partial charge in [0.25, 0.3) is 5.91 Å². The van der Waals surface area contributed by atoms with Crippen LogP contribution >= 0.6 is 0 Å². The molecule has 0 bridgehead atoms. The number of carbonyl (C=O) groups is 1. The summed E-state index contributed by atoms with van der Waals surface area (Å²) in [5.41, 5.74) is 2.93. The number of sulfonamides is 1. The molecule has 0 saturated heterocycles. The van der Waals surface area contributed by atoms with E-state index in [4.69, 9.17) is 4.74 Å². The smallest absolute Gasteiger partial charge is 0.274 e. The number of ether oxygens (including phenoxy) is 1. The third-order valence-electron chi connectivity index (χ3n) is 5.45. The molecule has 0 saturated carbocycles.